The smallest absolute Gasteiger partial charge is 0.225 e. The Balaban J connectivity index is 0.000000623. The zero-order chi connectivity index (χ0) is 25.6. The van der Waals surface area contributed by atoms with Crippen molar-refractivity contribution in [3.8, 4) is 17.3 Å². The van der Waals surface area contributed by atoms with Gasteiger partial charge in [-0.25, -0.2) is 18.7 Å². The van der Waals surface area contributed by atoms with Crippen molar-refractivity contribution < 1.29 is 13.5 Å². The first-order valence-corrected chi connectivity index (χ1v) is 12.3. The maximum absolute atomic E-state index is 16.1. The van der Waals surface area contributed by atoms with Gasteiger partial charge in [-0.15, -0.1) is 11.3 Å². The monoisotopic (exact) mass is 509 g/mol. The number of nitriles is 1. The second-order valence-corrected chi connectivity index (χ2v) is 10.3. The minimum atomic E-state index is -0.602. The second-order valence-electron chi connectivity index (χ2n) is 9.22. The van der Waals surface area contributed by atoms with Gasteiger partial charge in [-0.1, -0.05) is 0 Å². The van der Waals surface area contributed by atoms with Crippen molar-refractivity contribution in [2.45, 2.75) is 26.1 Å². The molecule has 4 aromatic rings. The third-order valence-electron chi connectivity index (χ3n) is 6.12. The van der Waals surface area contributed by atoms with E-state index in [1.165, 1.54) is 0 Å². The number of halogens is 2. The number of thiophene rings is 1. The van der Waals surface area contributed by atoms with Crippen LogP contribution < -0.4 is 10.6 Å². The van der Waals surface area contributed by atoms with Crippen molar-refractivity contribution in [3.63, 3.8) is 0 Å². The van der Waals surface area contributed by atoms with E-state index in [9.17, 15) is 9.65 Å². The molecule has 186 valence electrons. The molecule has 1 saturated heterocycles. The number of aromatic nitrogens is 3. The van der Waals surface area contributed by atoms with Gasteiger partial charge in [-0.2, -0.15) is 5.26 Å². The van der Waals surface area contributed by atoms with Crippen LogP contribution in [0.3, 0.4) is 0 Å². The molecule has 0 saturated carbocycles. The van der Waals surface area contributed by atoms with Gasteiger partial charge in [-0.3, -0.25) is 4.98 Å². The molecule has 8 nitrogen and oxygen atoms in total. The Bertz CT molecular complexity index is 1520. The average molecular weight is 510 g/mol. The number of benzene rings is 1. The highest BCUT2D eigenvalue weighted by Gasteiger charge is 2.30. The number of rotatable bonds is 2. The van der Waals surface area contributed by atoms with Gasteiger partial charge in [0, 0.05) is 35.6 Å². The largest absolute Gasteiger partial charge is 0.389 e. The molecular weight excluding hydrogens is 484 g/mol. The highest BCUT2D eigenvalue weighted by molar-refractivity contribution is 7.23. The molecule has 0 atom stereocenters. The molecule has 2 aliphatic rings. The number of ether oxygens (including phenoxy) is 1. The first-order chi connectivity index (χ1) is 17.3. The summed E-state index contributed by atoms with van der Waals surface area (Å²) in [6, 6.07) is 2.02. The lowest BCUT2D eigenvalue weighted by Crippen LogP contribution is -2.20. The molecule has 0 amide bonds. The molecule has 1 fully saturated rings. The van der Waals surface area contributed by atoms with E-state index in [4.69, 9.17) is 10.5 Å². The molecule has 6 rings (SSSR count). The molecule has 0 spiro atoms. The Morgan fingerprint density at radius 3 is 2.50 bits per heavy atom. The van der Waals surface area contributed by atoms with Crippen LogP contribution in [0.1, 0.15) is 29.5 Å². The molecule has 11 heteroatoms. The lowest BCUT2D eigenvalue weighted by molar-refractivity contribution is 0.135. The van der Waals surface area contributed by atoms with E-state index < -0.39 is 11.6 Å². The van der Waals surface area contributed by atoms with E-state index in [0.29, 0.717) is 16.9 Å². The van der Waals surface area contributed by atoms with Crippen LogP contribution in [0.15, 0.2) is 12.4 Å². The van der Waals surface area contributed by atoms with Crippen LogP contribution in [0, 0.1) is 23.0 Å². The van der Waals surface area contributed by atoms with Gasteiger partial charge in [0.1, 0.15) is 16.6 Å². The summed E-state index contributed by atoms with van der Waals surface area (Å²) in [4.78, 5) is 17.3. The van der Waals surface area contributed by atoms with E-state index >= 15 is 4.39 Å². The number of fused-ring (bicyclic) bond motifs is 4. The first-order valence-electron chi connectivity index (χ1n) is 11.5. The van der Waals surface area contributed by atoms with Gasteiger partial charge in [0.05, 0.1) is 35.4 Å². The molecule has 5 heterocycles. The van der Waals surface area contributed by atoms with E-state index in [1.807, 2.05) is 37.0 Å². The van der Waals surface area contributed by atoms with Crippen LogP contribution in [-0.4, -0.2) is 54.1 Å². The third kappa shape index (κ3) is 4.01. The zero-order valence-corrected chi connectivity index (χ0v) is 21.0. The predicted octanol–water partition coefficient (Wildman–Crippen LogP) is 4.45. The minimum absolute atomic E-state index is 0.0969. The number of nitrogens with zero attached hydrogens (tertiary/aromatic N) is 6. The number of pyridine rings is 1. The van der Waals surface area contributed by atoms with Crippen LogP contribution in [0.5, 0.6) is 0 Å². The van der Waals surface area contributed by atoms with Gasteiger partial charge >= 0.3 is 0 Å². The Labute approximate surface area is 210 Å². The third-order valence-corrected chi connectivity index (χ3v) is 7.15. The maximum Gasteiger partial charge on any atom is 0.225 e. The summed E-state index contributed by atoms with van der Waals surface area (Å²) in [6.45, 7) is 2.11. The van der Waals surface area contributed by atoms with Crippen molar-refractivity contribution in [3.05, 3.63) is 40.7 Å². The molecule has 0 bridgehead atoms. The van der Waals surface area contributed by atoms with Crippen molar-refractivity contribution in [2.24, 2.45) is 0 Å². The summed E-state index contributed by atoms with van der Waals surface area (Å²) in [7, 11) is 6.00. The first kappa shape index (κ1) is 24.2. The number of anilines is 2. The maximum atomic E-state index is 16.1. The number of hydrogen-bond donors (Lipinski definition) is 1. The van der Waals surface area contributed by atoms with Crippen molar-refractivity contribution in [2.75, 3.05) is 44.9 Å². The molecular formula is C25H25F2N7OS. The summed E-state index contributed by atoms with van der Waals surface area (Å²) in [5.41, 5.74) is 7.98. The van der Waals surface area contributed by atoms with E-state index in [0.717, 1.165) is 49.0 Å². The number of nitrogens with two attached hydrogens (primary N) is 1. The van der Waals surface area contributed by atoms with Gasteiger partial charge in [0.25, 0.3) is 0 Å². The highest BCUT2D eigenvalue weighted by atomic mass is 32.1. The van der Waals surface area contributed by atoms with Crippen LogP contribution in [-0.2, 0) is 18.0 Å². The summed E-state index contributed by atoms with van der Waals surface area (Å²) < 4.78 is 36.5. The standard InChI is InChI=1S/C22H16F2N6OS.C3H9N/c23-14-7-27-19(16-10(5-25)21(26)32-20(14)16)15-13-9-31-8-12(13)11-6-28-22(29-18(11)17(15)24)30-3-1-2-4-30;1-4(2)3/h6-7H,1-4,8-9,26H2;1-3H3. The lowest BCUT2D eigenvalue weighted by atomic mass is 9.94. The summed E-state index contributed by atoms with van der Waals surface area (Å²) in [6.07, 6.45) is 4.77. The Morgan fingerprint density at radius 1 is 1.11 bits per heavy atom. The summed E-state index contributed by atoms with van der Waals surface area (Å²) in [5.74, 6) is -0.704. The van der Waals surface area contributed by atoms with E-state index in [1.54, 1.807) is 6.20 Å². The molecule has 36 heavy (non-hydrogen) atoms. The van der Waals surface area contributed by atoms with Crippen LogP contribution in [0.2, 0.25) is 0 Å². The SMILES string of the molecule is CN(C)C.N#Cc1c(N)sc2c(F)cnc(-c3c4c(c5cnc(N6CCCC6)nc5c3F)COC4)c12. The molecule has 0 aliphatic carbocycles. The average Bonchev–Trinajstić information content (AvgIpc) is 3.60. The zero-order valence-electron chi connectivity index (χ0n) is 20.2. The van der Waals surface area contributed by atoms with Crippen LogP contribution in [0.25, 0.3) is 32.2 Å². The van der Waals surface area contributed by atoms with Crippen molar-refractivity contribution in [1.29, 1.82) is 5.26 Å². The topological polar surface area (TPSA) is 104 Å². The molecule has 0 radical (unpaired) electrons. The number of nitrogen functional groups attached to an aromatic ring is 1. The molecule has 1 aromatic carbocycles. The number of hydrogen-bond acceptors (Lipinski definition) is 9. The molecule has 0 unspecified atom stereocenters. The van der Waals surface area contributed by atoms with E-state index in [2.05, 4.69) is 15.0 Å². The highest BCUT2D eigenvalue weighted by Crippen LogP contribution is 2.45. The Morgan fingerprint density at radius 2 is 1.81 bits per heavy atom. The lowest BCUT2D eigenvalue weighted by Gasteiger charge is -2.17. The molecule has 2 N–H and O–H groups in total. The summed E-state index contributed by atoms with van der Waals surface area (Å²) >= 11 is 0.955. The minimum Gasteiger partial charge on any atom is -0.389 e. The van der Waals surface area contributed by atoms with Gasteiger partial charge in [0.2, 0.25) is 5.95 Å². The molecule has 3 aromatic heterocycles. The fraction of sp³-hybridized carbons (Fsp3) is 0.360. The normalized spacial score (nSPS) is 14.9. The van der Waals surface area contributed by atoms with Crippen LogP contribution in [0.4, 0.5) is 19.7 Å². The fourth-order valence-electron chi connectivity index (χ4n) is 4.61. The molecule has 2 aliphatic heterocycles. The van der Waals surface area contributed by atoms with E-state index in [-0.39, 0.29) is 50.6 Å². The van der Waals surface area contributed by atoms with Crippen molar-refractivity contribution >= 4 is 43.3 Å². The predicted molar refractivity (Wildman–Crippen MR) is 137 cm³/mol. The van der Waals surface area contributed by atoms with Crippen molar-refractivity contribution in [1.82, 2.24) is 19.9 Å². The quantitative estimate of drug-likeness (QED) is 0.423. The van der Waals surface area contributed by atoms with Gasteiger partial charge in [-0.05, 0) is 45.1 Å². The van der Waals surface area contributed by atoms with Crippen LogP contribution >= 0.6 is 11.3 Å². The fourth-order valence-corrected chi connectivity index (χ4v) is 5.53. The van der Waals surface area contributed by atoms with Gasteiger partial charge in [0.15, 0.2) is 11.6 Å². The Kier molecular flexibility index (Phi) is 6.42. The Hall–Kier alpha value is -3.46. The van der Waals surface area contributed by atoms with Gasteiger partial charge < -0.3 is 20.3 Å². The summed E-state index contributed by atoms with van der Waals surface area (Å²) in [5, 5.41) is 10.6. The second kappa shape index (κ2) is 9.54.